The van der Waals surface area contributed by atoms with E-state index in [2.05, 4.69) is 17.4 Å². The molecule has 0 amide bonds. The molecule has 0 aromatic heterocycles. The van der Waals surface area contributed by atoms with E-state index < -0.39 is 0 Å². The normalized spacial score (nSPS) is 31.9. The third-order valence-electron chi connectivity index (χ3n) is 3.07. The maximum absolute atomic E-state index is 5.38. The molecule has 2 fully saturated rings. The summed E-state index contributed by atoms with van der Waals surface area (Å²) in [5.41, 5.74) is 3.53. The number of ether oxygens (including phenoxy) is 2. The van der Waals surface area contributed by atoms with Crippen molar-refractivity contribution >= 4 is 0 Å². The van der Waals surface area contributed by atoms with E-state index in [0.29, 0.717) is 12.0 Å². The molecule has 14 heavy (non-hydrogen) atoms. The lowest BCUT2D eigenvalue weighted by atomic mass is 10.0. The Hall–Kier alpha value is -0.160. The third kappa shape index (κ3) is 2.67. The minimum absolute atomic E-state index is 0.524. The number of morpholine rings is 1. The second kappa shape index (κ2) is 5.07. The van der Waals surface area contributed by atoms with Crippen molar-refractivity contribution in [2.45, 2.75) is 19.4 Å². The maximum Gasteiger partial charge on any atom is 0.0608 e. The van der Waals surface area contributed by atoms with Crippen LogP contribution in [-0.2, 0) is 9.47 Å². The predicted molar refractivity (Wildman–Crippen MR) is 53.9 cm³/mol. The van der Waals surface area contributed by atoms with Crippen molar-refractivity contribution in [2.75, 3.05) is 39.5 Å². The summed E-state index contributed by atoms with van der Waals surface area (Å²) in [4.78, 5) is 0. The van der Waals surface area contributed by atoms with Crippen molar-refractivity contribution in [1.29, 1.82) is 0 Å². The van der Waals surface area contributed by atoms with E-state index in [4.69, 9.17) is 9.47 Å². The molecule has 2 heterocycles. The van der Waals surface area contributed by atoms with Crippen LogP contribution in [0.1, 0.15) is 13.3 Å². The van der Waals surface area contributed by atoms with Gasteiger partial charge in [-0.15, -0.1) is 0 Å². The topological polar surface area (TPSA) is 33.7 Å². The number of hydrogen-bond acceptors (Lipinski definition) is 4. The zero-order valence-electron chi connectivity index (χ0n) is 8.87. The molecule has 2 aliphatic heterocycles. The zero-order valence-corrected chi connectivity index (χ0v) is 8.87. The maximum atomic E-state index is 5.38. The molecule has 0 saturated carbocycles. The fourth-order valence-electron chi connectivity index (χ4n) is 2.03. The fourth-order valence-corrected chi connectivity index (χ4v) is 2.03. The first-order valence-electron chi connectivity index (χ1n) is 5.53. The van der Waals surface area contributed by atoms with Crippen molar-refractivity contribution in [3.63, 3.8) is 0 Å². The van der Waals surface area contributed by atoms with E-state index >= 15 is 0 Å². The average molecular weight is 200 g/mol. The molecule has 0 aliphatic carbocycles. The standard InChI is InChI=1S/C10H20N2O2/c1-9(10-2-5-14-8-10)11-12-3-6-13-7-4-12/h9-11H,2-8H2,1H3. The molecule has 82 valence electrons. The number of nitrogens with zero attached hydrogens (tertiary/aromatic N) is 1. The van der Waals surface area contributed by atoms with E-state index in [-0.39, 0.29) is 0 Å². The van der Waals surface area contributed by atoms with Gasteiger partial charge in [-0.05, 0) is 13.3 Å². The Balaban J connectivity index is 1.72. The zero-order chi connectivity index (χ0) is 9.80. The van der Waals surface area contributed by atoms with Gasteiger partial charge in [0.2, 0.25) is 0 Å². The number of nitrogens with one attached hydrogen (secondary N) is 1. The summed E-state index contributed by atoms with van der Waals surface area (Å²) >= 11 is 0. The summed E-state index contributed by atoms with van der Waals surface area (Å²) in [6.45, 7) is 7.78. The quantitative estimate of drug-likeness (QED) is 0.708. The largest absolute Gasteiger partial charge is 0.381 e. The van der Waals surface area contributed by atoms with Gasteiger partial charge in [0.25, 0.3) is 0 Å². The van der Waals surface area contributed by atoms with Gasteiger partial charge in [0.15, 0.2) is 0 Å². The molecular weight excluding hydrogens is 180 g/mol. The molecule has 0 bridgehead atoms. The van der Waals surface area contributed by atoms with E-state index in [1.807, 2.05) is 0 Å². The average Bonchev–Trinajstić information content (AvgIpc) is 2.72. The van der Waals surface area contributed by atoms with Crippen LogP contribution in [0.25, 0.3) is 0 Å². The lowest BCUT2D eigenvalue weighted by molar-refractivity contribution is -0.000589. The summed E-state index contributed by atoms with van der Waals surface area (Å²) < 4.78 is 10.7. The highest BCUT2D eigenvalue weighted by molar-refractivity contribution is 4.75. The molecule has 1 N–H and O–H groups in total. The molecule has 2 saturated heterocycles. The minimum Gasteiger partial charge on any atom is -0.381 e. The molecule has 0 spiro atoms. The Morgan fingerprint density at radius 2 is 2.00 bits per heavy atom. The molecule has 0 radical (unpaired) electrons. The molecule has 2 rings (SSSR count). The van der Waals surface area contributed by atoms with Crippen LogP contribution in [0.4, 0.5) is 0 Å². The first-order valence-corrected chi connectivity index (χ1v) is 5.53. The van der Waals surface area contributed by atoms with Crippen molar-refractivity contribution in [1.82, 2.24) is 10.4 Å². The Kier molecular flexibility index (Phi) is 3.75. The van der Waals surface area contributed by atoms with Gasteiger partial charge < -0.3 is 9.47 Å². The van der Waals surface area contributed by atoms with Crippen LogP contribution >= 0.6 is 0 Å². The van der Waals surface area contributed by atoms with Crippen LogP contribution < -0.4 is 5.43 Å². The van der Waals surface area contributed by atoms with Gasteiger partial charge in [-0.1, -0.05) is 0 Å². The molecule has 4 heteroatoms. The first kappa shape index (κ1) is 10.4. The third-order valence-corrected chi connectivity index (χ3v) is 3.07. The fraction of sp³-hybridized carbons (Fsp3) is 1.00. The van der Waals surface area contributed by atoms with Crippen molar-refractivity contribution in [2.24, 2.45) is 5.92 Å². The van der Waals surface area contributed by atoms with Crippen LogP contribution in [0.5, 0.6) is 0 Å². The van der Waals surface area contributed by atoms with E-state index in [9.17, 15) is 0 Å². The monoisotopic (exact) mass is 200 g/mol. The molecule has 4 nitrogen and oxygen atoms in total. The summed E-state index contributed by atoms with van der Waals surface area (Å²) in [5, 5.41) is 2.27. The van der Waals surface area contributed by atoms with Crippen LogP contribution in [0.3, 0.4) is 0 Å². The van der Waals surface area contributed by atoms with Crippen LogP contribution in [0.2, 0.25) is 0 Å². The Morgan fingerprint density at radius 3 is 2.64 bits per heavy atom. The molecule has 0 aromatic rings. The van der Waals surface area contributed by atoms with Crippen molar-refractivity contribution in [3.05, 3.63) is 0 Å². The van der Waals surface area contributed by atoms with Crippen LogP contribution in [0, 0.1) is 5.92 Å². The van der Waals surface area contributed by atoms with Gasteiger partial charge in [-0.2, -0.15) is 0 Å². The lowest BCUT2D eigenvalue weighted by Crippen LogP contribution is -2.51. The van der Waals surface area contributed by atoms with Crippen molar-refractivity contribution in [3.8, 4) is 0 Å². The summed E-state index contributed by atoms with van der Waals surface area (Å²) in [6, 6.07) is 0.524. The summed E-state index contributed by atoms with van der Waals surface area (Å²) in [6.07, 6.45) is 1.19. The molecule has 2 atom stereocenters. The Bertz CT molecular complexity index is 166. The van der Waals surface area contributed by atoms with Gasteiger partial charge in [0, 0.05) is 31.7 Å². The lowest BCUT2D eigenvalue weighted by Gasteiger charge is -2.32. The van der Waals surface area contributed by atoms with Crippen LogP contribution in [-0.4, -0.2) is 50.6 Å². The number of hydrogen-bond donors (Lipinski definition) is 1. The highest BCUT2D eigenvalue weighted by atomic mass is 16.5. The summed E-state index contributed by atoms with van der Waals surface area (Å²) in [5.74, 6) is 0.679. The summed E-state index contributed by atoms with van der Waals surface area (Å²) in [7, 11) is 0. The molecule has 2 unspecified atom stereocenters. The number of hydrazine groups is 1. The van der Waals surface area contributed by atoms with Crippen molar-refractivity contribution < 1.29 is 9.47 Å². The predicted octanol–water partition coefficient (Wildman–Crippen LogP) is 0.248. The highest BCUT2D eigenvalue weighted by Gasteiger charge is 2.24. The second-order valence-electron chi connectivity index (χ2n) is 4.14. The van der Waals surface area contributed by atoms with E-state index in [1.165, 1.54) is 6.42 Å². The number of rotatable bonds is 3. The SMILES string of the molecule is CC(NN1CCOCC1)C1CCOC1. The Labute approximate surface area is 85.5 Å². The first-order chi connectivity index (χ1) is 6.86. The smallest absolute Gasteiger partial charge is 0.0608 e. The van der Waals surface area contributed by atoms with Gasteiger partial charge in [-0.25, -0.2) is 5.01 Å². The van der Waals surface area contributed by atoms with E-state index in [1.54, 1.807) is 0 Å². The molecule has 2 aliphatic rings. The molecule has 0 aromatic carbocycles. The van der Waals surface area contributed by atoms with Gasteiger partial charge >= 0.3 is 0 Å². The van der Waals surface area contributed by atoms with Gasteiger partial charge in [0.1, 0.15) is 0 Å². The van der Waals surface area contributed by atoms with Gasteiger partial charge in [0.05, 0.1) is 19.8 Å². The second-order valence-corrected chi connectivity index (χ2v) is 4.14. The van der Waals surface area contributed by atoms with Gasteiger partial charge in [-0.3, -0.25) is 5.43 Å². The molecular formula is C10H20N2O2. The minimum atomic E-state index is 0.524. The Morgan fingerprint density at radius 1 is 1.21 bits per heavy atom. The highest BCUT2D eigenvalue weighted by Crippen LogP contribution is 2.16. The van der Waals surface area contributed by atoms with Crippen LogP contribution in [0.15, 0.2) is 0 Å². The van der Waals surface area contributed by atoms with E-state index in [0.717, 1.165) is 39.5 Å².